The number of carbonyl (C=O) groups is 1. The molecule has 60 valence electrons. The fourth-order valence-corrected chi connectivity index (χ4v) is 0.422. The molecule has 0 radical (unpaired) electrons. The molecule has 0 aliphatic heterocycles. The number of carboxylic acids is 1. The van der Waals surface area contributed by atoms with Crippen LogP contribution in [0.4, 0.5) is 0 Å². The first kappa shape index (κ1) is 9.66. The minimum Gasteiger partial charge on any atom is -0.480 e. The van der Waals surface area contributed by atoms with Crippen molar-refractivity contribution in [1.82, 2.24) is 0 Å². The lowest BCUT2D eigenvalue weighted by Gasteiger charge is -2.12. The quantitative estimate of drug-likeness (QED) is 0.452. The van der Waals surface area contributed by atoms with Gasteiger partial charge in [-0.2, -0.15) is 0 Å². The number of nitrogens with zero attached hydrogens (tertiary/aromatic N) is 1. The minimum atomic E-state index is -1.36. The highest BCUT2D eigenvalue weighted by Gasteiger charge is 2.23. The summed E-state index contributed by atoms with van der Waals surface area (Å²) in [6.45, 7) is 7.94. The van der Waals surface area contributed by atoms with E-state index in [1.54, 1.807) is 0 Å². The van der Waals surface area contributed by atoms with Gasteiger partial charge in [-0.15, -0.1) is 0 Å². The molecular weight excluding hydrogens is 144 g/mol. The van der Waals surface area contributed by atoms with Gasteiger partial charge >= 0.3 is 5.97 Å². The first-order valence-electron chi connectivity index (χ1n) is 3.04. The number of carboxylic acid groups (broad SMARTS) is 1. The Hall–Kier alpha value is -1.34. The Morgan fingerprint density at radius 2 is 2.45 bits per heavy atom. The van der Waals surface area contributed by atoms with Crippen LogP contribution in [0.15, 0.2) is 12.2 Å². The smallest absolute Gasteiger partial charge is 0.327 e. The van der Waals surface area contributed by atoms with Gasteiger partial charge in [-0.3, -0.25) is 0 Å². The summed E-state index contributed by atoms with van der Waals surface area (Å²) in [7, 11) is 0. The van der Waals surface area contributed by atoms with Gasteiger partial charge in [-0.25, -0.2) is 11.4 Å². The van der Waals surface area contributed by atoms with Crippen LogP contribution in [0.25, 0.3) is 4.85 Å². The Morgan fingerprint density at radius 1 is 1.91 bits per heavy atom. The molecule has 11 heavy (non-hydrogen) atoms. The van der Waals surface area contributed by atoms with E-state index in [4.69, 9.17) is 17.4 Å². The van der Waals surface area contributed by atoms with Gasteiger partial charge in [0, 0.05) is 0 Å². The monoisotopic (exact) mass is 154 g/mol. The topological polar surface area (TPSA) is 67.7 Å². The van der Waals surface area contributed by atoms with Crippen molar-refractivity contribution >= 4 is 5.97 Å². The number of rotatable bonds is 3. The van der Waals surface area contributed by atoms with E-state index in [0.29, 0.717) is 0 Å². The van der Waals surface area contributed by atoms with Crippen molar-refractivity contribution in [2.24, 2.45) is 5.73 Å². The normalized spacial score (nSPS) is 15.7. The molecule has 0 saturated heterocycles. The SMILES string of the molecule is [C-]#[N+]CC=CC(C)(N)C(=O)O. The first-order chi connectivity index (χ1) is 5.00. The molecule has 0 fully saturated rings. The molecule has 0 aliphatic carbocycles. The Labute approximate surface area is 65.1 Å². The molecule has 0 spiro atoms. The van der Waals surface area contributed by atoms with Gasteiger partial charge in [-0.05, 0) is 13.0 Å². The third-order valence-corrected chi connectivity index (χ3v) is 1.12. The fraction of sp³-hybridized carbons (Fsp3) is 0.429. The van der Waals surface area contributed by atoms with Gasteiger partial charge < -0.3 is 15.7 Å². The van der Waals surface area contributed by atoms with Crippen LogP contribution in [0.5, 0.6) is 0 Å². The van der Waals surface area contributed by atoms with Crippen molar-refractivity contribution < 1.29 is 9.90 Å². The fourth-order valence-electron chi connectivity index (χ4n) is 0.422. The van der Waals surface area contributed by atoms with E-state index in [1.807, 2.05) is 0 Å². The summed E-state index contributed by atoms with van der Waals surface area (Å²) in [5.74, 6) is -1.10. The van der Waals surface area contributed by atoms with Gasteiger partial charge in [0.2, 0.25) is 6.54 Å². The lowest BCUT2D eigenvalue weighted by Crippen LogP contribution is -2.42. The molecular formula is C7H10N2O2. The van der Waals surface area contributed by atoms with E-state index >= 15 is 0 Å². The van der Waals surface area contributed by atoms with E-state index in [0.717, 1.165) is 0 Å². The second-order valence-electron chi connectivity index (χ2n) is 2.33. The molecule has 0 aromatic heterocycles. The zero-order valence-electron chi connectivity index (χ0n) is 6.24. The van der Waals surface area contributed by atoms with Crippen molar-refractivity contribution in [1.29, 1.82) is 0 Å². The van der Waals surface area contributed by atoms with Crippen molar-refractivity contribution in [2.75, 3.05) is 6.54 Å². The summed E-state index contributed by atoms with van der Waals surface area (Å²) in [5.41, 5.74) is 3.95. The zero-order valence-corrected chi connectivity index (χ0v) is 6.24. The maximum Gasteiger partial charge on any atom is 0.327 e. The molecule has 0 saturated carbocycles. The van der Waals surface area contributed by atoms with E-state index in [9.17, 15) is 4.79 Å². The third-order valence-electron chi connectivity index (χ3n) is 1.12. The molecule has 0 aromatic rings. The first-order valence-corrected chi connectivity index (χ1v) is 3.04. The average molecular weight is 154 g/mol. The summed E-state index contributed by atoms with van der Waals surface area (Å²) in [4.78, 5) is 13.4. The van der Waals surface area contributed by atoms with Gasteiger partial charge in [0.1, 0.15) is 5.54 Å². The molecule has 0 aliphatic rings. The van der Waals surface area contributed by atoms with Crippen LogP contribution < -0.4 is 5.73 Å². The Bertz CT molecular complexity index is 213. The maximum absolute atomic E-state index is 10.4. The highest BCUT2D eigenvalue weighted by atomic mass is 16.4. The molecule has 0 amide bonds. The average Bonchev–Trinajstić information content (AvgIpc) is 1.88. The van der Waals surface area contributed by atoms with Crippen LogP contribution in [-0.2, 0) is 4.79 Å². The lowest BCUT2D eigenvalue weighted by atomic mass is 10.0. The molecule has 0 bridgehead atoms. The van der Waals surface area contributed by atoms with Crippen LogP contribution in [0.1, 0.15) is 6.92 Å². The molecule has 1 atom stereocenters. The summed E-state index contributed by atoms with van der Waals surface area (Å²) in [6.07, 6.45) is 2.76. The molecule has 4 nitrogen and oxygen atoms in total. The van der Waals surface area contributed by atoms with Gasteiger partial charge in [0.05, 0.1) is 0 Å². The van der Waals surface area contributed by atoms with Crippen molar-refractivity contribution in [3.8, 4) is 0 Å². The van der Waals surface area contributed by atoms with Gasteiger partial charge in [0.25, 0.3) is 0 Å². The highest BCUT2D eigenvalue weighted by Crippen LogP contribution is 2.00. The zero-order chi connectivity index (χ0) is 8.91. The highest BCUT2D eigenvalue weighted by molar-refractivity contribution is 5.80. The molecule has 0 rings (SSSR count). The Balaban J connectivity index is 4.14. The van der Waals surface area contributed by atoms with Crippen LogP contribution in [0, 0.1) is 6.57 Å². The van der Waals surface area contributed by atoms with Gasteiger partial charge in [-0.1, -0.05) is 6.08 Å². The van der Waals surface area contributed by atoms with Crippen LogP contribution >= 0.6 is 0 Å². The Morgan fingerprint density at radius 3 is 2.82 bits per heavy atom. The predicted molar refractivity (Wildman–Crippen MR) is 40.8 cm³/mol. The van der Waals surface area contributed by atoms with E-state index in [1.165, 1.54) is 19.1 Å². The number of nitrogens with two attached hydrogens (primary N) is 1. The Kier molecular flexibility index (Phi) is 3.28. The largest absolute Gasteiger partial charge is 0.480 e. The van der Waals surface area contributed by atoms with E-state index in [-0.39, 0.29) is 6.54 Å². The maximum atomic E-state index is 10.4. The van der Waals surface area contributed by atoms with Crippen molar-refractivity contribution in [3.63, 3.8) is 0 Å². The summed E-state index contributed by atoms with van der Waals surface area (Å²) < 4.78 is 0. The second kappa shape index (κ2) is 3.74. The molecule has 0 heterocycles. The summed E-state index contributed by atoms with van der Waals surface area (Å²) in [6, 6.07) is 0. The van der Waals surface area contributed by atoms with Crippen LogP contribution in [0.3, 0.4) is 0 Å². The predicted octanol–water partition coefficient (Wildman–Crippen LogP) is 0.264. The number of hydrogen-bond donors (Lipinski definition) is 2. The standard InChI is InChI=1S/C7H10N2O2/c1-7(8,6(10)11)4-3-5-9-2/h3-4H,5,8H2,1H3,(H,10,11). The minimum absolute atomic E-state index is 0.167. The van der Waals surface area contributed by atoms with Crippen LogP contribution in [0.2, 0.25) is 0 Å². The number of aliphatic carboxylic acids is 1. The third kappa shape index (κ3) is 3.38. The van der Waals surface area contributed by atoms with Gasteiger partial charge in [0.15, 0.2) is 0 Å². The summed E-state index contributed by atoms with van der Waals surface area (Å²) >= 11 is 0. The molecule has 4 heteroatoms. The molecule has 0 aromatic carbocycles. The van der Waals surface area contributed by atoms with E-state index in [2.05, 4.69) is 4.85 Å². The molecule has 3 N–H and O–H groups in total. The van der Waals surface area contributed by atoms with Crippen molar-refractivity contribution in [3.05, 3.63) is 23.6 Å². The van der Waals surface area contributed by atoms with Crippen molar-refractivity contribution in [2.45, 2.75) is 12.5 Å². The number of hydrogen-bond acceptors (Lipinski definition) is 2. The summed E-state index contributed by atoms with van der Waals surface area (Å²) in [5, 5.41) is 8.49. The second-order valence-corrected chi connectivity index (χ2v) is 2.33. The lowest BCUT2D eigenvalue weighted by molar-refractivity contribution is -0.140. The van der Waals surface area contributed by atoms with Crippen LogP contribution in [-0.4, -0.2) is 23.2 Å². The van der Waals surface area contributed by atoms with E-state index < -0.39 is 11.5 Å². The molecule has 1 unspecified atom stereocenters.